The maximum Gasteiger partial charge on any atom is 0.348 e. The number of nitriles is 1. The predicted molar refractivity (Wildman–Crippen MR) is 50.3 cm³/mol. The smallest absolute Gasteiger partial charge is 0.348 e. The van der Waals surface area contributed by atoms with Gasteiger partial charge in [0.15, 0.2) is 0 Å². The third-order valence-corrected chi connectivity index (χ3v) is 2.26. The quantitative estimate of drug-likeness (QED) is 0.411. The number of aryl methyl sites for hydroxylation is 1. The van der Waals surface area contributed by atoms with Crippen LogP contribution >= 0.6 is 11.5 Å². The lowest BCUT2D eigenvalue weighted by molar-refractivity contribution is -0.135. The number of aromatic nitrogens is 2. The maximum absolute atomic E-state index is 11.0. The van der Waals surface area contributed by atoms with Gasteiger partial charge >= 0.3 is 5.97 Å². The van der Waals surface area contributed by atoms with Gasteiger partial charge in [-0.25, -0.2) is 4.79 Å². The molecule has 5 nitrogen and oxygen atoms in total. The van der Waals surface area contributed by atoms with Gasteiger partial charge in [0.1, 0.15) is 11.6 Å². The van der Waals surface area contributed by atoms with Gasteiger partial charge in [-0.1, -0.05) is 4.49 Å². The fourth-order valence-electron chi connectivity index (χ4n) is 0.750. The van der Waals surface area contributed by atoms with Gasteiger partial charge < -0.3 is 4.74 Å². The molecule has 0 aliphatic carbocycles. The molecule has 0 N–H and O–H groups in total. The Kier molecular flexibility index (Phi) is 3.31. The van der Waals surface area contributed by atoms with Gasteiger partial charge in [0.25, 0.3) is 0 Å². The zero-order valence-electron chi connectivity index (χ0n) is 7.64. The highest BCUT2D eigenvalue weighted by molar-refractivity contribution is 7.06. The number of rotatable bonds is 2. The Hall–Kier alpha value is -1.74. The molecule has 6 heteroatoms. The topological polar surface area (TPSA) is 75.9 Å². The maximum atomic E-state index is 11.0. The highest BCUT2D eigenvalue weighted by Gasteiger charge is 2.10. The Labute approximate surface area is 84.8 Å². The second-order valence-electron chi connectivity index (χ2n) is 2.38. The Bertz CT molecular complexity index is 416. The molecule has 0 bridgehead atoms. The van der Waals surface area contributed by atoms with E-state index in [0.29, 0.717) is 10.6 Å². The largest absolute Gasteiger partial charge is 0.465 e. The molecule has 0 radical (unpaired) electrons. The average Bonchev–Trinajstić information content (AvgIpc) is 2.59. The Morgan fingerprint density at radius 1 is 1.71 bits per heavy atom. The number of carbonyl (C=O) groups is 1. The molecule has 0 aromatic carbocycles. The number of hydrogen-bond donors (Lipinski definition) is 0. The summed E-state index contributed by atoms with van der Waals surface area (Å²) < 4.78 is 8.11. The highest BCUT2D eigenvalue weighted by atomic mass is 32.1. The van der Waals surface area contributed by atoms with E-state index in [2.05, 4.69) is 14.3 Å². The van der Waals surface area contributed by atoms with E-state index in [0.717, 1.165) is 11.5 Å². The summed E-state index contributed by atoms with van der Waals surface area (Å²) in [7, 11) is 1.23. The standard InChI is InChI=1S/C8H7N3O2S/c1-5-7(14-11-10-5)3-6(4-9)8(12)13-2/h3H,1-2H3/b6-3+. The third kappa shape index (κ3) is 2.14. The van der Waals surface area contributed by atoms with Crippen LogP contribution in [-0.2, 0) is 9.53 Å². The molecular formula is C8H7N3O2S. The van der Waals surface area contributed by atoms with E-state index in [-0.39, 0.29) is 5.57 Å². The lowest BCUT2D eigenvalue weighted by Crippen LogP contribution is -2.02. The van der Waals surface area contributed by atoms with E-state index in [1.807, 2.05) is 0 Å². The molecule has 1 aromatic heterocycles. The Morgan fingerprint density at radius 3 is 2.86 bits per heavy atom. The molecule has 0 fully saturated rings. The van der Waals surface area contributed by atoms with Crippen molar-refractivity contribution >= 4 is 23.6 Å². The van der Waals surface area contributed by atoms with Crippen molar-refractivity contribution in [3.8, 4) is 6.07 Å². The minimum Gasteiger partial charge on any atom is -0.465 e. The monoisotopic (exact) mass is 209 g/mol. The molecule has 72 valence electrons. The van der Waals surface area contributed by atoms with Crippen molar-refractivity contribution in [1.82, 2.24) is 9.59 Å². The minimum absolute atomic E-state index is 0.0540. The second-order valence-corrected chi connectivity index (χ2v) is 3.17. The first-order chi connectivity index (χ1) is 6.69. The molecule has 0 aliphatic rings. The van der Waals surface area contributed by atoms with Crippen LogP contribution in [0.2, 0.25) is 0 Å². The summed E-state index contributed by atoms with van der Waals surface area (Å²) in [6.45, 7) is 1.75. The van der Waals surface area contributed by atoms with Gasteiger partial charge in [0.2, 0.25) is 0 Å². The normalized spacial score (nSPS) is 10.8. The van der Waals surface area contributed by atoms with Gasteiger partial charge in [0, 0.05) is 0 Å². The van der Waals surface area contributed by atoms with Crippen LogP contribution in [0.5, 0.6) is 0 Å². The summed E-state index contributed by atoms with van der Waals surface area (Å²) in [6, 6.07) is 1.76. The van der Waals surface area contributed by atoms with Crippen LogP contribution < -0.4 is 0 Å². The van der Waals surface area contributed by atoms with Crippen LogP contribution in [0, 0.1) is 18.3 Å². The molecular weight excluding hydrogens is 202 g/mol. The fourth-order valence-corrected chi connectivity index (χ4v) is 1.34. The summed E-state index contributed by atoms with van der Waals surface area (Å²) >= 11 is 1.12. The van der Waals surface area contributed by atoms with Crippen molar-refractivity contribution in [3.05, 3.63) is 16.1 Å². The van der Waals surface area contributed by atoms with Crippen LogP contribution in [0.15, 0.2) is 5.57 Å². The van der Waals surface area contributed by atoms with Crippen LogP contribution in [0.3, 0.4) is 0 Å². The van der Waals surface area contributed by atoms with Crippen LogP contribution in [-0.4, -0.2) is 22.7 Å². The van der Waals surface area contributed by atoms with Gasteiger partial charge in [0.05, 0.1) is 17.7 Å². The predicted octanol–water partition coefficient (Wildman–Crippen LogP) is 0.926. The second kappa shape index (κ2) is 4.48. The van der Waals surface area contributed by atoms with Crippen LogP contribution in [0.25, 0.3) is 6.08 Å². The zero-order chi connectivity index (χ0) is 10.6. The summed E-state index contributed by atoms with van der Waals surface area (Å²) in [6.07, 6.45) is 1.42. The number of carbonyl (C=O) groups excluding carboxylic acids is 1. The molecule has 0 spiro atoms. The Balaban J connectivity index is 3.03. The molecule has 1 aromatic rings. The highest BCUT2D eigenvalue weighted by Crippen LogP contribution is 2.14. The average molecular weight is 209 g/mol. The molecule has 0 saturated carbocycles. The van der Waals surface area contributed by atoms with E-state index in [4.69, 9.17) is 5.26 Å². The number of hydrogen-bond acceptors (Lipinski definition) is 6. The van der Waals surface area contributed by atoms with Crippen LogP contribution in [0.4, 0.5) is 0 Å². The first-order valence-electron chi connectivity index (χ1n) is 3.68. The van der Waals surface area contributed by atoms with E-state index in [1.54, 1.807) is 13.0 Å². The van der Waals surface area contributed by atoms with Gasteiger partial charge in [-0.15, -0.1) is 5.10 Å². The summed E-state index contributed by atoms with van der Waals surface area (Å²) in [4.78, 5) is 11.7. The van der Waals surface area contributed by atoms with Crippen molar-refractivity contribution in [2.24, 2.45) is 0 Å². The summed E-state index contributed by atoms with van der Waals surface area (Å²) in [5.74, 6) is -0.653. The molecule has 0 amide bonds. The van der Waals surface area contributed by atoms with Crippen molar-refractivity contribution in [1.29, 1.82) is 5.26 Å². The van der Waals surface area contributed by atoms with Crippen molar-refractivity contribution in [2.75, 3.05) is 7.11 Å². The van der Waals surface area contributed by atoms with E-state index >= 15 is 0 Å². The molecule has 1 rings (SSSR count). The molecule has 0 atom stereocenters. The molecule has 0 unspecified atom stereocenters. The molecule has 1 heterocycles. The van der Waals surface area contributed by atoms with E-state index in [1.165, 1.54) is 13.2 Å². The Morgan fingerprint density at radius 2 is 2.43 bits per heavy atom. The van der Waals surface area contributed by atoms with Crippen molar-refractivity contribution < 1.29 is 9.53 Å². The molecule has 14 heavy (non-hydrogen) atoms. The first kappa shape index (κ1) is 10.3. The van der Waals surface area contributed by atoms with Crippen molar-refractivity contribution in [2.45, 2.75) is 6.92 Å². The lowest BCUT2D eigenvalue weighted by atomic mass is 10.2. The lowest BCUT2D eigenvalue weighted by Gasteiger charge is -1.94. The van der Waals surface area contributed by atoms with Crippen LogP contribution in [0.1, 0.15) is 10.6 Å². The van der Waals surface area contributed by atoms with E-state index in [9.17, 15) is 4.79 Å². The van der Waals surface area contributed by atoms with Gasteiger partial charge in [-0.2, -0.15) is 5.26 Å². The molecule has 0 saturated heterocycles. The number of ether oxygens (including phenoxy) is 1. The number of esters is 1. The summed E-state index contributed by atoms with van der Waals surface area (Å²) in [5.41, 5.74) is 0.633. The van der Waals surface area contributed by atoms with Gasteiger partial charge in [-0.3, -0.25) is 0 Å². The summed E-state index contributed by atoms with van der Waals surface area (Å²) in [5, 5.41) is 12.4. The van der Waals surface area contributed by atoms with E-state index < -0.39 is 5.97 Å². The van der Waals surface area contributed by atoms with Gasteiger partial charge in [-0.05, 0) is 24.5 Å². The number of methoxy groups -OCH3 is 1. The third-order valence-electron chi connectivity index (χ3n) is 1.49. The first-order valence-corrected chi connectivity index (χ1v) is 4.45. The van der Waals surface area contributed by atoms with Crippen molar-refractivity contribution in [3.63, 3.8) is 0 Å². The SMILES string of the molecule is COC(=O)/C(C#N)=C/c1snnc1C. The zero-order valence-corrected chi connectivity index (χ0v) is 8.46. The number of nitrogens with zero attached hydrogens (tertiary/aromatic N) is 3. The fraction of sp³-hybridized carbons (Fsp3) is 0.250. The minimum atomic E-state index is -0.653. The molecule has 0 aliphatic heterocycles.